The van der Waals surface area contributed by atoms with Gasteiger partial charge in [-0.15, -0.1) is 11.3 Å². The molecular formula is C27H28BrN5OSSi. The van der Waals surface area contributed by atoms with Crippen LogP contribution in [-0.4, -0.2) is 39.2 Å². The van der Waals surface area contributed by atoms with Crippen molar-refractivity contribution in [1.82, 2.24) is 24.5 Å². The van der Waals surface area contributed by atoms with Gasteiger partial charge in [0.2, 0.25) is 0 Å². The van der Waals surface area contributed by atoms with Crippen LogP contribution in [0.2, 0.25) is 25.7 Å². The fraction of sp³-hybridized carbons (Fsp3) is 0.259. The van der Waals surface area contributed by atoms with E-state index >= 15 is 0 Å². The second-order valence-electron chi connectivity index (χ2n) is 10.0. The van der Waals surface area contributed by atoms with E-state index in [0.29, 0.717) is 6.73 Å². The molecule has 0 saturated carbocycles. The van der Waals surface area contributed by atoms with Crippen molar-refractivity contribution in [2.24, 2.45) is 0 Å². The molecule has 1 aromatic carbocycles. The van der Waals surface area contributed by atoms with Crippen LogP contribution in [0.4, 0.5) is 0 Å². The zero-order valence-corrected chi connectivity index (χ0v) is 24.2. The average molecular weight is 579 g/mol. The van der Waals surface area contributed by atoms with E-state index in [1.807, 2.05) is 43.0 Å². The van der Waals surface area contributed by atoms with Gasteiger partial charge in [0, 0.05) is 48.5 Å². The highest BCUT2D eigenvalue weighted by molar-refractivity contribution is 9.10. The summed E-state index contributed by atoms with van der Waals surface area (Å²) in [5.74, 6) is 0. The standard InChI is InChI=1S/C27H28BrN5OSSi/c1-18-6-5-7-23(31-18)25-26(33(16-30-25)17-34-10-11-36(2,3)4)19-8-9-22-20(12-19)13-21(14-29-22)27-32-24(28)15-35-27/h5-9,12-16H,10-11,17H2,1-4H3. The molecule has 0 N–H and O–H groups in total. The van der Waals surface area contributed by atoms with Gasteiger partial charge >= 0.3 is 0 Å². The molecule has 0 aliphatic heterocycles. The Bertz CT molecular complexity index is 1520. The van der Waals surface area contributed by atoms with Gasteiger partial charge in [0.1, 0.15) is 22.0 Å². The number of aromatic nitrogens is 5. The summed E-state index contributed by atoms with van der Waals surface area (Å²) in [6, 6.07) is 15.6. The first-order valence-electron chi connectivity index (χ1n) is 11.9. The van der Waals surface area contributed by atoms with Gasteiger partial charge in [-0.3, -0.25) is 9.97 Å². The highest BCUT2D eigenvalue weighted by atomic mass is 79.9. The normalized spacial score (nSPS) is 11.9. The SMILES string of the molecule is Cc1cccc(-c2ncn(COCC[Si](C)(C)C)c2-c2ccc3ncc(-c4nc(Br)cs4)cc3c2)n1. The molecule has 0 atom stereocenters. The van der Waals surface area contributed by atoms with E-state index in [1.165, 1.54) is 0 Å². The third-order valence-corrected chi connectivity index (χ3v) is 9.18. The largest absolute Gasteiger partial charge is 0.361 e. The highest BCUT2D eigenvalue weighted by Crippen LogP contribution is 2.34. The number of hydrogen-bond acceptors (Lipinski definition) is 6. The Kier molecular flexibility index (Phi) is 7.16. The summed E-state index contributed by atoms with van der Waals surface area (Å²) in [4.78, 5) is 18.8. The van der Waals surface area contributed by atoms with Crippen molar-refractivity contribution >= 4 is 46.2 Å². The monoisotopic (exact) mass is 577 g/mol. The van der Waals surface area contributed by atoms with E-state index in [4.69, 9.17) is 14.7 Å². The van der Waals surface area contributed by atoms with E-state index in [0.717, 1.165) is 67.1 Å². The van der Waals surface area contributed by atoms with E-state index in [1.54, 1.807) is 11.3 Å². The molecule has 9 heteroatoms. The molecule has 0 amide bonds. The number of nitrogens with zero attached hydrogens (tertiary/aromatic N) is 5. The Hall–Kier alpha value is -2.72. The van der Waals surface area contributed by atoms with Crippen LogP contribution in [0.25, 0.3) is 44.1 Å². The number of fused-ring (bicyclic) bond motifs is 1. The van der Waals surface area contributed by atoms with E-state index in [-0.39, 0.29) is 0 Å². The number of ether oxygens (including phenoxy) is 1. The molecule has 6 nitrogen and oxygen atoms in total. The number of thiazole rings is 1. The quantitative estimate of drug-likeness (QED) is 0.140. The van der Waals surface area contributed by atoms with Gasteiger partial charge in [0.05, 0.1) is 23.2 Å². The molecule has 0 spiro atoms. The maximum atomic E-state index is 6.11. The van der Waals surface area contributed by atoms with E-state index in [9.17, 15) is 0 Å². The minimum Gasteiger partial charge on any atom is -0.361 e. The van der Waals surface area contributed by atoms with E-state index < -0.39 is 8.07 Å². The van der Waals surface area contributed by atoms with Gasteiger partial charge < -0.3 is 9.30 Å². The molecule has 4 aromatic heterocycles. The van der Waals surface area contributed by atoms with Crippen molar-refractivity contribution in [2.75, 3.05) is 6.61 Å². The number of halogens is 1. The van der Waals surface area contributed by atoms with Crippen molar-refractivity contribution in [1.29, 1.82) is 0 Å². The van der Waals surface area contributed by atoms with Crippen LogP contribution in [0.3, 0.4) is 0 Å². The van der Waals surface area contributed by atoms with Crippen LogP contribution in [0.1, 0.15) is 5.69 Å². The summed E-state index contributed by atoms with van der Waals surface area (Å²) in [6.45, 7) is 10.3. The first-order chi connectivity index (χ1) is 17.3. The summed E-state index contributed by atoms with van der Waals surface area (Å²) in [6.07, 6.45) is 3.74. The molecule has 0 fully saturated rings. The molecule has 36 heavy (non-hydrogen) atoms. The van der Waals surface area contributed by atoms with Gasteiger partial charge in [-0.25, -0.2) is 9.97 Å². The lowest BCUT2D eigenvalue weighted by Crippen LogP contribution is -2.22. The Morgan fingerprint density at radius 3 is 2.61 bits per heavy atom. The predicted molar refractivity (Wildman–Crippen MR) is 154 cm³/mol. The van der Waals surface area contributed by atoms with Crippen molar-refractivity contribution in [2.45, 2.75) is 39.3 Å². The number of aryl methyl sites for hydroxylation is 1. The molecule has 0 radical (unpaired) electrons. The van der Waals surface area contributed by atoms with Crippen molar-refractivity contribution in [3.63, 3.8) is 0 Å². The minimum absolute atomic E-state index is 0.447. The van der Waals surface area contributed by atoms with Gasteiger partial charge in [0.25, 0.3) is 0 Å². The average Bonchev–Trinajstić information content (AvgIpc) is 3.47. The molecule has 5 aromatic rings. The van der Waals surface area contributed by atoms with Crippen molar-refractivity contribution in [3.05, 3.63) is 70.7 Å². The predicted octanol–water partition coefficient (Wildman–Crippen LogP) is 7.67. The van der Waals surface area contributed by atoms with Crippen LogP contribution < -0.4 is 0 Å². The topological polar surface area (TPSA) is 65.7 Å². The van der Waals surface area contributed by atoms with Crippen LogP contribution in [0.15, 0.2) is 65.0 Å². The lowest BCUT2D eigenvalue weighted by atomic mass is 10.0. The maximum absolute atomic E-state index is 6.11. The number of benzene rings is 1. The number of rotatable bonds is 8. The summed E-state index contributed by atoms with van der Waals surface area (Å²) in [7, 11) is -1.16. The van der Waals surface area contributed by atoms with Crippen LogP contribution >= 0.6 is 27.3 Å². The second kappa shape index (κ2) is 10.3. The van der Waals surface area contributed by atoms with E-state index in [2.05, 4.69) is 74.4 Å². The first kappa shape index (κ1) is 24.9. The molecule has 184 valence electrons. The molecule has 5 rings (SSSR count). The van der Waals surface area contributed by atoms with Crippen molar-refractivity contribution < 1.29 is 4.74 Å². The number of pyridine rings is 2. The van der Waals surface area contributed by atoms with Gasteiger partial charge in [0.15, 0.2) is 0 Å². The van der Waals surface area contributed by atoms with Gasteiger partial charge in [-0.05, 0) is 59.2 Å². The molecule has 4 heterocycles. The molecule has 0 saturated heterocycles. The van der Waals surface area contributed by atoms with Crippen LogP contribution in [0.5, 0.6) is 0 Å². The van der Waals surface area contributed by atoms with Gasteiger partial charge in [-0.2, -0.15) is 0 Å². The highest BCUT2D eigenvalue weighted by Gasteiger charge is 2.18. The molecule has 0 aliphatic carbocycles. The molecule has 0 aliphatic rings. The molecule has 0 unspecified atom stereocenters. The Morgan fingerprint density at radius 1 is 1.03 bits per heavy atom. The zero-order valence-electron chi connectivity index (χ0n) is 20.8. The maximum Gasteiger partial charge on any atom is 0.126 e. The first-order valence-corrected chi connectivity index (χ1v) is 17.2. The Balaban J connectivity index is 1.56. The lowest BCUT2D eigenvalue weighted by Gasteiger charge is -2.16. The summed E-state index contributed by atoms with van der Waals surface area (Å²) in [5, 5.41) is 3.97. The fourth-order valence-corrected chi connectivity index (χ4v) is 5.96. The summed E-state index contributed by atoms with van der Waals surface area (Å²) < 4.78 is 9.03. The third-order valence-electron chi connectivity index (χ3n) is 5.87. The molecule has 0 bridgehead atoms. The number of hydrogen-bond donors (Lipinski definition) is 0. The van der Waals surface area contributed by atoms with Crippen LogP contribution in [-0.2, 0) is 11.5 Å². The Morgan fingerprint density at radius 2 is 1.86 bits per heavy atom. The Labute approximate surface area is 224 Å². The second-order valence-corrected chi connectivity index (χ2v) is 17.3. The summed E-state index contributed by atoms with van der Waals surface area (Å²) in [5.41, 5.74) is 6.63. The van der Waals surface area contributed by atoms with Crippen molar-refractivity contribution in [3.8, 4) is 33.2 Å². The lowest BCUT2D eigenvalue weighted by molar-refractivity contribution is 0.0882. The minimum atomic E-state index is -1.16. The third kappa shape index (κ3) is 5.64. The summed E-state index contributed by atoms with van der Waals surface area (Å²) >= 11 is 5.05. The van der Waals surface area contributed by atoms with Crippen LogP contribution in [0, 0.1) is 6.92 Å². The molecular weight excluding hydrogens is 550 g/mol. The van der Waals surface area contributed by atoms with Gasteiger partial charge in [-0.1, -0.05) is 31.8 Å². The zero-order chi connectivity index (χ0) is 25.3. The number of imidazole rings is 1. The smallest absolute Gasteiger partial charge is 0.126 e. The fourth-order valence-electron chi connectivity index (χ4n) is 3.97.